The molecule has 2 atom stereocenters. The fraction of sp³-hybridized carbons (Fsp3) is 0.281. The van der Waals surface area contributed by atoms with Crippen molar-refractivity contribution in [1.29, 1.82) is 0 Å². The fourth-order valence-electron chi connectivity index (χ4n) is 6.18. The van der Waals surface area contributed by atoms with Crippen LogP contribution in [0.3, 0.4) is 0 Å². The van der Waals surface area contributed by atoms with Gasteiger partial charge in [0.05, 0.1) is 23.5 Å². The molecule has 1 N–H and O–H groups in total. The Bertz CT molecular complexity index is 1640. The molecular weight excluding hydrogens is 522 g/mol. The number of nitrogens with one attached hydrogen (secondary N) is 1. The normalized spacial score (nSPS) is 19.6. The predicted molar refractivity (Wildman–Crippen MR) is 156 cm³/mol. The summed E-state index contributed by atoms with van der Waals surface area (Å²) in [5.41, 5.74) is 4.84. The number of nitrogens with zero attached hydrogens (tertiary/aromatic N) is 5. The lowest BCUT2D eigenvalue weighted by Gasteiger charge is -2.35. The summed E-state index contributed by atoms with van der Waals surface area (Å²) < 4.78 is 29.3. The van der Waals surface area contributed by atoms with E-state index in [0.717, 1.165) is 60.5 Å². The van der Waals surface area contributed by atoms with Crippen molar-refractivity contribution in [1.82, 2.24) is 14.5 Å². The van der Waals surface area contributed by atoms with Crippen molar-refractivity contribution in [2.45, 2.75) is 50.7 Å². The highest BCUT2D eigenvalue weighted by Gasteiger charge is 2.48. The minimum Gasteiger partial charge on any atom is -0.341 e. The summed E-state index contributed by atoms with van der Waals surface area (Å²) in [5.74, 6) is -1.52. The third-order valence-corrected chi connectivity index (χ3v) is 8.32. The SMILES string of the molecule is CN1C(=O)c2c(cn(Cc3ccc(-c4ccc(C(C)(F)F)cn4)cc3)c2Nc2ccccc2)N2C1=N[C@@H]1CCC[C@@H]12. The van der Waals surface area contributed by atoms with Crippen LogP contribution < -0.4 is 10.2 Å². The Morgan fingerprint density at radius 2 is 1.80 bits per heavy atom. The predicted octanol–water partition coefficient (Wildman–Crippen LogP) is 6.64. The Labute approximate surface area is 237 Å². The summed E-state index contributed by atoms with van der Waals surface area (Å²) in [5, 5.41) is 3.52. The lowest BCUT2D eigenvalue weighted by atomic mass is 10.1. The summed E-state index contributed by atoms with van der Waals surface area (Å²) in [6, 6.07) is 21.3. The standard InChI is InChI=1S/C32H30F2N6O/c1-32(33,34)22-15-16-24(35-17-22)21-13-11-20(12-14-21)18-39-19-27-28(29(39)36-23-7-4-3-5-8-23)30(41)38(2)31-37-25-9-6-10-26(25)40(27)31/h3-5,7-8,11-17,19,25-26,36H,6,9-10,18H2,1-2H3/t25-,26+/m1/s1. The number of benzene rings is 2. The van der Waals surface area contributed by atoms with Crippen molar-refractivity contribution in [3.8, 4) is 11.3 Å². The largest absolute Gasteiger partial charge is 0.341 e. The van der Waals surface area contributed by atoms with E-state index in [9.17, 15) is 13.6 Å². The van der Waals surface area contributed by atoms with Crippen LogP contribution >= 0.6 is 0 Å². The quantitative estimate of drug-likeness (QED) is 0.291. The summed E-state index contributed by atoms with van der Waals surface area (Å²) >= 11 is 0. The average molecular weight is 553 g/mol. The second-order valence-corrected chi connectivity index (χ2v) is 11.1. The molecule has 7 nitrogen and oxygen atoms in total. The van der Waals surface area contributed by atoms with Gasteiger partial charge in [-0.25, -0.2) is 13.8 Å². The molecule has 0 radical (unpaired) electrons. The van der Waals surface area contributed by atoms with Crippen LogP contribution in [0.5, 0.6) is 0 Å². The van der Waals surface area contributed by atoms with Crippen LogP contribution in [0.15, 0.2) is 84.1 Å². The summed E-state index contributed by atoms with van der Waals surface area (Å²) in [4.78, 5) is 26.9. The smallest absolute Gasteiger partial charge is 0.272 e. The van der Waals surface area contributed by atoms with E-state index in [1.807, 2.05) is 61.6 Å². The van der Waals surface area contributed by atoms with Crippen LogP contribution in [0, 0.1) is 0 Å². The van der Waals surface area contributed by atoms with Gasteiger partial charge in [0.2, 0.25) is 5.96 Å². The molecule has 2 aromatic carbocycles. The second kappa shape index (κ2) is 9.54. The molecule has 1 aliphatic carbocycles. The highest BCUT2D eigenvalue weighted by atomic mass is 19.3. The number of amides is 1. The number of rotatable bonds is 6. The minimum absolute atomic E-state index is 0.0744. The van der Waals surface area contributed by atoms with Gasteiger partial charge in [0.1, 0.15) is 11.4 Å². The van der Waals surface area contributed by atoms with E-state index in [0.29, 0.717) is 17.8 Å². The first kappa shape index (κ1) is 25.4. The van der Waals surface area contributed by atoms with E-state index in [4.69, 9.17) is 4.99 Å². The summed E-state index contributed by atoms with van der Waals surface area (Å²) in [6.45, 7) is 1.40. The highest BCUT2D eigenvalue weighted by Crippen LogP contribution is 2.44. The molecule has 41 heavy (non-hydrogen) atoms. The number of aliphatic imine (C=N–C) groups is 1. The van der Waals surface area contributed by atoms with Crippen molar-refractivity contribution in [2.75, 3.05) is 17.3 Å². The zero-order chi connectivity index (χ0) is 28.3. The number of hydrogen-bond donors (Lipinski definition) is 1. The van der Waals surface area contributed by atoms with E-state index in [1.54, 1.807) is 11.0 Å². The molecular formula is C32H30F2N6O. The van der Waals surface area contributed by atoms with Crippen molar-refractivity contribution < 1.29 is 13.6 Å². The number of halogens is 2. The Morgan fingerprint density at radius 1 is 1.02 bits per heavy atom. The number of aromatic nitrogens is 2. The van der Waals surface area contributed by atoms with E-state index < -0.39 is 5.92 Å². The molecule has 208 valence electrons. The van der Waals surface area contributed by atoms with Crippen LogP contribution in [0.4, 0.5) is 26.0 Å². The zero-order valence-electron chi connectivity index (χ0n) is 22.9. The van der Waals surface area contributed by atoms with E-state index in [2.05, 4.69) is 26.0 Å². The van der Waals surface area contributed by atoms with Gasteiger partial charge in [-0.3, -0.25) is 14.7 Å². The molecule has 2 aliphatic heterocycles. The van der Waals surface area contributed by atoms with Crippen LogP contribution in [-0.2, 0) is 12.5 Å². The van der Waals surface area contributed by atoms with Crippen LogP contribution in [-0.4, -0.2) is 45.4 Å². The number of alkyl halides is 2. The van der Waals surface area contributed by atoms with Crippen LogP contribution in [0.1, 0.15) is 47.7 Å². The summed E-state index contributed by atoms with van der Waals surface area (Å²) in [6.07, 6.45) is 6.53. The van der Waals surface area contributed by atoms with Crippen molar-refractivity contribution in [3.63, 3.8) is 0 Å². The third kappa shape index (κ3) is 4.36. The number of carbonyl (C=O) groups excluding carboxylic acids is 1. The molecule has 1 fully saturated rings. The lowest BCUT2D eigenvalue weighted by Crippen LogP contribution is -2.51. The Balaban J connectivity index is 1.24. The van der Waals surface area contributed by atoms with Gasteiger partial charge in [-0.05, 0) is 49.1 Å². The molecule has 3 aliphatic rings. The number of pyridine rings is 1. The molecule has 0 saturated heterocycles. The second-order valence-electron chi connectivity index (χ2n) is 11.1. The average Bonchev–Trinajstić information content (AvgIpc) is 3.66. The molecule has 9 heteroatoms. The lowest BCUT2D eigenvalue weighted by molar-refractivity contribution is 0.0171. The number of carbonyl (C=O) groups is 1. The van der Waals surface area contributed by atoms with Crippen molar-refractivity contribution >= 4 is 29.1 Å². The van der Waals surface area contributed by atoms with Gasteiger partial charge < -0.3 is 14.8 Å². The highest BCUT2D eigenvalue weighted by molar-refractivity contribution is 6.22. The molecule has 0 spiro atoms. The number of para-hydroxylation sites is 1. The maximum absolute atomic E-state index is 13.8. The van der Waals surface area contributed by atoms with Gasteiger partial charge in [-0.1, -0.05) is 42.5 Å². The maximum Gasteiger partial charge on any atom is 0.272 e. The molecule has 2 aromatic heterocycles. The van der Waals surface area contributed by atoms with E-state index in [-0.39, 0.29) is 23.6 Å². The number of anilines is 3. The van der Waals surface area contributed by atoms with E-state index in [1.165, 1.54) is 12.3 Å². The maximum atomic E-state index is 13.8. The molecule has 0 unspecified atom stereocenters. The van der Waals surface area contributed by atoms with Gasteiger partial charge in [0, 0.05) is 49.7 Å². The third-order valence-electron chi connectivity index (χ3n) is 8.32. The Kier molecular flexibility index (Phi) is 5.92. The van der Waals surface area contributed by atoms with Gasteiger partial charge in [-0.2, -0.15) is 0 Å². The summed E-state index contributed by atoms with van der Waals surface area (Å²) in [7, 11) is 1.81. The van der Waals surface area contributed by atoms with Crippen molar-refractivity contribution in [3.05, 3.63) is 95.8 Å². The van der Waals surface area contributed by atoms with Crippen LogP contribution in [0.25, 0.3) is 11.3 Å². The Hall–Kier alpha value is -4.53. The molecule has 4 heterocycles. The van der Waals surface area contributed by atoms with Gasteiger partial charge in [-0.15, -0.1) is 0 Å². The van der Waals surface area contributed by atoms with Crippen molar-refractivity contribution in [2.24, 2.45) is 4.99 Å². The molecule has 0 bridgehead atoms. The topological polar surface area (TPSA) is 65.8 Å². The minimum atomic E-state index is -2.92. The molecule has 7 rings (SSSR count). The number of guanidine groups is 1. The molecule has 1 amide bonds. The first-order valence-corrected chi connectivity index (χ1v) is 13.9. The first-order valence-electron chi connectivity index (χ1n) is 13.9. The monoisotopic (exact) mass is 552 g/mol. The number of hydrogen-bond acceptors (Lipinski definition) is 5. The molecule has 1 saturated carbocycles. The van der Waals surface area contributed by atoms with Crippen LogP contribution in [0.2, 0.25) is 0 Å². The van der Waals surface area contributed by atoms with Gasteiger partial charge in [0.25, 0.3) is 11.8 Å². The van der Waals surface area contributed by atoms with E-state index >= 15 is 0 Å². The van der Waals surface area contributed by atoms with Gasteiger partial charge in [0.15, 0.2) is 0 Å². The fourth-order valence-corrected chi connectivity index (χ4v) is 6.18. The first-order chi connectivity index (χ1) is 19.8. The molecule has 4 aromatic rings. The number of fused-ring (bicyclic) bond motifs is 5. The van der Waals surface area contributed by atoms with Gasteiger partial charge >= 0.3 is 0 Å². The Morgan fingerprint density at radius 3 is 2.51 bits per heavy atom. The zero-order valence-corrected chi connectivity index (χ0v) is 22.9.